The SMILES string of the molecule is COc1ccc(NC(C)=O)cc1NS(=O)(=O)c1cccnc1. The van der Waals surface area contributed by atoms with E-state index in [2.05, 4.69) is 15.0 Å². The molecule has 116 valence electrons. The second-order valence-electron chi connectivity index (χ2n) is 4.39. The average Bonchev–Trinajstić information content (AvgIpc) is 2.47. The molecule has 2 N–H and O–H groups in total. The predicted octanol–water partition coefficient (Wildman–Crippen LogP) is 1.85. The minimum atomic E-state index is -3.80. The number of sulfonamides is 1. The van der Waals surface area contributed by atoms with Gasteiger partial charge in [0.05, 0.1) is 12.8 Å². The van der Waals surface area contributed by atoms with Crippen molar-refractivity contribution >= 4 is 27.3 Å². The van der Waals surface area contributed by atoms with E-state index in [1.807, 2.05) is 0 Å². The van der Waals surface area contributed by atoms with Crippen LogP contribution in [0.4, 0.5) is 11.4 Å². The van der Waals surface area contributed by atoms with Crippen molar-refractivity contribution in [1.82, 2.24) is 4.98 Å². The van der Waals surface area contributed by atoms with Crippen LogP contribution < -0.4 is 14.8 Å². The molecule has 0 saturated heterocycles. The van der Waals surface area contributed by atoms with Crippen LogP contribution in [0.5, 0.6) is 5.75 Å². The lowest BCUT2D eigenvalue weighted by molar-refractivity contribution is -0.114. The summed E-state index contributed by atoms with van der Waals surface area (Å²) in [6.45, 7) is 1.36. The maximum Gasteiger partial charge on any atom is 0.263 e. The van der Waals surface area contributed by atoms with Crippen LogP contribution in [0.15, 0.2) is 47.6 Å². The Morgan fingerprint density at radius 1 is 1.27 bits per heavy atom. The molecule has 0 unspecified atom stereocenters. The number of nitrogens with one attached hydrogen (secondary N) is 2. The summed E-state index contributed by atoms with van der Waals surface area (Å²) in [7, 11) is -2.37. The molecule has 0 spiro atoms. The largest absolute Gasteiger partial charge is 0.495 e. The molecule has 2 aromatic rings. The first kappa shape index (κ1) is 15.8. The number of nitrogens with zero attached hydrogens (tertiary/aromatic N) is 1. The molecule has 1 aromatic heterocycles. The first-order valence-corrected chi connectivity index (χ1v) is 7.79. The molecular formula is C14H15N3O4S. The Kier molecular flexibility index (Phi) is 4.62. The van der Waals surface area contributed by atoms with Crippen LogP contribution in [0, 0.1) is 0 Å². The highest BCUT2D eigenvalue weighted by molar-refractivity contribution is 7.92. The first-order chi connectivity index (χ1) is 10.4. The predicted molar refractivity (Wildman–Crippen MR) is 82.3 cm³/mol. The maximum absolute atomic E-state index is 12.3. The van der Waals surface area contributed by atoms with Gasteiger partial charge in [-0.05, 0) is 30.3 Å². The van der Waals surface area contributed by atoms with Crippen LogP contribution in [0.1, 0.15) is 6.92 Å². The van der Waals surface area contributed by atoms with E-state index in [0.29, 0.717) is 11.4 Å². The lowest BCUT2D eigenvalue weighted by Crippen LogP contribution is -2.14. The van der Waals surface area contributed by atoms with Gasteiger partial charge < -0.3 is 10.1 Å². The zero-order valence-corrected chi connectivity index (χ0v) is 12.8. The van der Waals surface area contributed by atoms with Crippen molar-refractivity contribution in [1.29, 1.82) is 0 Å². The standard InChI is InChI=1S/C14H15N3O4S/c1-10(18)16-11-5-6-14(21-2)13(8-11)17-22(19,20)12-4-3-7-15-9-12/h3-9,17H,1-2H3,(H,16,18). The molecular weight excluding hydrogens is 306 g/mol. The molecule has 1 heterocycles. The molecule has 0 atom stereocenters. The summed E-state index contributed by atoms with van der Waals surface area (Å²) < 4.78 is 32.2. The van der Waals surface area contributed by atoms with Gasteiger partial charge in [0, 0.05) is 25.0 Å². The van der Waals surface area contributed by atoms with Gasteiger partial charge in [0.1, 0.15) is 10.6 Å². The van der Waals surface area contributed by atoms with Gasteiger partial charge in [0.2, 0.25) is 5.91 Å². The van der Waals surface area contributed by atoms with Gasteiger partial charge in [-0.15, -0.1) is 0 Å². The third-order valence-electron chi connectivity index (χ3n) is 2.71. The lowest BCUT2D eigenvalue weighted by atomic mass is 10.2. The molecule has 0 aliphatic rings. The molecule has 8 heteroatoms. The molecule has 0 saturated carbocycles. The lowest BCUT2D eigenvalue weighted by Gasteiger charge is -2.13. The summed E-state index contributed by atoms with van der Waals surface area (Å²) in [5, 5.41) is 2.58. The van der Waals surface area contributed by atoms with Crippen molar-refractivity contribution in [2.45, 2.75) is 11.8 Å². The van der Waals surface area contributed by atoms with Gasteiger partial charge in [-0.2, -0.15) is 0 Å². The number of hydrogen-bond acceptors (Lipinski definition) is 5. The van der Waals surface area contributed by atoms with E-state index in [-0.39, 0.29) is 16.5 Å². The summed E-state index contributed by atoms with van der Waals surface area (Å²) >= 11 is 0. The fourth-order valence-corrected chi connectivity index (χ4v) is 2.80. The smallest absolute Gasteiger partial charge is 0.263 e. The normalized spacial score (nSPS) is 10.8. The zero-order chi connectivity index (χ0) is 16.2. The van der Waals surface area contributed by atoms with Crippen LogP contribution in [0.3, 0.4) is 0 Å². The Morgan fingerprint density at radius 3 is 2.64 bits per heavy atom. The molecule has 0 aliphatic carbocycles. The molecule has 22 heavy (non-hydrogen) atoms. The fourth-order valence-electron chi connectivity index (χ4n) is 1.78. The minimum absolute atomic E-state index is 0.0296. The third-order valence-corrected chi connectivity index (χ3v) is 4.06. The number of anilines is 2. The molecule has 2 rings (SSSR count). The highest BCUT2D eigenvalue weighted by Crippen LogP contribution is 2.29. The number of ether oxygens (including phenoxy) is 1. The summed E-state index contributed by atoms with van der Waals surface area (Å²) in [5.74, 6) is 0.0767. The van der Waals surface area contributed by atoms with Gasteiger partial charge in [0.15, 0.2) is 0 Å². The van der Waals surface area contributed by atoms with Crippen molar-refractivity contribution < 1.29 is 17.9 Å². The molecule has 1 amide bonds. The Hall–Kier alpha value is -2.61. The second-order valence-corrected chi connectivity index (χ2v) is 6.07. The number of methoxy groups -OCH3 is 1. The van der Waals surface area contributed by atoms with E-state index < -0.39 is 10.0 Å². The Labute approximate surface area is 128 Å². The fraction of sp³-hybridized carbons (Fsp3) is 0.143. The second kappa shape index (κ2) is 6.44. The van der Waals surface area contributed by atoms with Gasteiger partial charge in [-0.1, -0.05) is 0 Å². The molecule has 0 radical (unpaired) electrons. The van der Waals surface area contributed by atoms with Gasteiger partial charge in [-0.3, -0.25) is 14.5 Å². The summed E-state index contributed by atoms with van der Waals surface area (Å²) in [6, 6.07) is 7.61. The number of carbonyl (C=O) groups is 1. The molecule has 7 nitrogen and oxygen atoms in total. The zero-order valence-electron chi connectivity index (χ0n) is 12.0. The number of hydrogen-bond donors (Lipinski definition) is 2. The van der Waals surface area contributed by atoms with E-state index in [4.69, 9.17) is 4.74 Å². The molecule has 0 bridgehead atoms. The van der Waals surface area contributed by atoms with Crippen molar-refractivity contribution in [3.8, 4) is 5.75 Å². The summed E-state index contributed by atoms with van der Waals surface area (Å²) in [6.07, 6.45) is 2.73. The summed E-state index contributed by atoms with van der Waals surface area (Å²) in [5.41, 5.74) is 0.676. The monoisotopic (exact) mass is 321 g/mol. The number of aromatic nitrogens is 1. The van der Waals surface area contributed by atoms with E-state index in [1.165, 1.54) is 44.6 Å². The van der Waals surface area contributed by atoms with E-state index >= 15 is 0 Å². The van der Waals surface area contributed by atoms with Crippen LogP contribution >= 0.6 is 0 Å². The van der Waals surface area contributed by atoms with Crippen molar-refractivity contribution in [3.05, 3.63) is 42.7 Å². The Morgan fingerprint density at radius 2 is 2.05 bits per heavy atom. The summed E-state index contributed by atoms with van der Waals surface area (Å²) in [4.78, 5) is 14.9. The van der Waals surface area contributed by atoms with Crippen LogP contribution in [0.25, 0.3) is 0 Å². The quantitative estimate of drug-likeness (QED) is 0.876. The van der Waals surface area contributed by atoms with Crippen LogP contribution in [-0.4, -0.2) is 26.4 Å². The van der Waals surface area contributed by atoms with Crippen molar-refractivity contribution in [2.24, 2.45) is 0 Å². The highest BCUT2D eigenvalue weighted by atomic mass is 32.2. The number of carbonyl (C=O) groups excluding carboxylic acids is 1. The molecule has 0 fully saturated rings. The van der Waals surface area contributed by atoms with E-state index in [1.54, 1.807) is 12.1 Å². The van der Waals surface area contributed by atoms with Crippen molar-refractivity contribution in [3.63, 3.8) is 0 Å². The number of pyridine rings is 1. The van der Waals surface area contributed by atoms with Gasteiger partial charge >= 0.3 is 0 Å². The van der Waals surface area contributed by atoms with Gasteiger partial charge in [-0.25, -0.2) is 8.42 Å². The Balaban J connectivity index is 2.37. The number of rotatable bonds is 5. The highest BCUT2D eigenvalue weighted by Gasteiger charge is 2.17. The maximum atomic E-state index is 12.3. The van der Waals surface area contributed by atoms with Crippen LogP contribution in [0.2, 0.25) is 0 Å². The molecule has 1 aromatic carbocycles. The topological polar surface area (TPSA) is 97.4 Å². The Bertz CT molecular complexity index is 776. The van der Waals surface area contributed by atoms with E-state index in [9.17, 15) is 13.2 Å². The minimum Gasteiger partial charge on any atom is -0.495 e. The van der Waals surface area contributed by atoms with Gasteiger partial charge in [0.25, 0.3) is 10.0 Å². The van der Waals surface area contributed by atoms with Crippen LogP contribution in [-0.2, 0) is 14.8 Å². The number of amides is 1. The number of benzene rings is 1. The average molecular weight is 321 g/mol. The first-order valence-electron chi connectivity index (χ1n) is 6.31. The molecule has 0 aliphatic heterocycles. The van der Waals surface area contributed by atoms with Crippen molar-refractivity contribution in [2.75, 3.05) is 17.1 Å². The van der Waals surface area contributed by atoms with E-state index in [0.717, 1.165) is 0 Å². The third kappa shape index (κ3) is 3.73.